The van der Waals surface area contributed by atoms with Crippen LogP contribution in [0.2, 0.25) is 0 Å². The van der Waals surface area contributed by atoms with Gasteiger partial charge in [0.1, 0.15) is 5.75 Å². The van der Waals surface area contributed by atoms with Crippen LogP contribution < -0.4 is 10.1 Å². The molecule has 0 spiro atoms. The summed E-state index contributed by atoms with van der Waals surface area (Å²) in [5.74, 6) is 0.589. The lowest BCUT2D eigenvalue weighted by atomic mass is 10.1. The van der Waals surface area contributed by atoms with Gasteiger partial charge in [0.25, 0.3) is 5.91 Å². The molecule has 0 bridgehead atoms. The van der Waals surface area contributed by atoms with Gasteiger partial charge in [0.15, 0.2) is 0 Å². The van der Waals surface area contributed by atoms with Crippen molar-refractivity contribution in [3.05, 3.63) is 59.9 Å². The molecule has 6 nitrogen and oxygen atoms in total. The summed E-state index contributed by atoms with van der Waals surface area (Å²) in [5.41, 5.74) is 2.60. The average molecular weight is 339 g/mol. The van der Waals surface area contributed by atoms with Gasteiger partial charge in [-0.05, 0) is 32.0 Å². The average Bonchev–Trinajstić information content (AvgIpc) is 3.11. The van der Waals surface area contributed by atoms with Gasteiger partial charge in [0, 0.05) is 36.5 Å². The van der Waals surface area contributed by atoms with Crippen LogP contribution in [0.3, 0.4) is 0 Å². The lowest BCUT2D eigenvalue weighted by molar-refractivity contribution is -0.131. The third-order valence-electron chi connectivity index (χ3n) is 3.76. The van der Waals surface area contributed by atoms with Crippen LogP contribution in [0.4, 0.5) is 0 Å². The molecule has 2 aromatic rings. The van der Waals surface area contributed by atoms with Crippen molar-refractivity contribution in [3.63, 3.8) is 0 Å². The molecule has 0 fully saturated rings. The molecule has 0 aliphatic carbocycles. The Kier molecular flexibility index (Phi) is 5.28. The van der Waals surface area contributed by atoms with Gasteiger partial charge < -0.3 is 14.9 Å². The van der Waals surface area contributed by atoms with E-state index in [4.69, 9.17) is 9.57 Å². The summed E-state index contributed by atoms with van der Waals surface area (Å²) in [5, 5.41) is 6.92. The number of ether oxygens (including phenoxy) is 1. The predicted molar refractivity (Wildman–Crippen MR) is 94.3 cm³/mol. The number of rotatable bonds is 6. The van der Waals surface area contributed by atoms with Gasteiger partial charge >= 0.3 is 0 Å². The SMILES string of the molecule is CC(C)Oc1ccccc1CNC(=O)C1CC(c2ccncc2)=NO1. The molecule has 2 heterocycles. The van der Waals surface area contributed by atoms with E-state index in [2.05, 4.69) is 15.5 Å². The second-order valence-corrected chi connectivity index (χ2v) is 6.06. The van der Waals surface area contributed by atoms with Crippen LogP contribution in [0.25, 0.3) is 0 Å². The molecule has 1 amide bonds. The molecule has 25 heavy (non-hydrogen) atoms. The number of carbonyl (C=O) groups is 1. The largest absolute Gasteiger partial charge is 0.491 e. The van der Waals surface area contributed by atoms with E-state index in [0.29, 0.717) is 13.0 Å². The number of hydrogen-bond donors (Lipinski definition) is 1. The Morgan fingerprint density at radius 3 is 2.80 bits per heavy atom. The summed E-state index contributed by atoms with van der Waals surface area (Å²) >= 11 is 0. The Bertz CT molecular complexity index is 760. The minimum atomic E-state index is -0.610. The molecule has 3 rings (SSSR count). The molecule has 1 N–H and O–H groups in total. The van der Waals surface area contributed by atoms with Crippen LogP contribution in [-0.2, 0) is 16.2 Å². The van der Waals surface area contributed by atoms with Crippen LogP contribution in [0.15, 0.2) is 53.9 Å². The molecule has 0 radical (unpaired) electrons. The quantitative estimate of drug-likeness (QED) is 0.878. The Morgan fingerprint density at radius 1 is 1.28 bits per heavy atom. The number of nitrogens with one attached hydrogen (secondary N) is 1. The third-order valence-corrected chi connectivity index (χ3v) is 3.76. The highest BCUT2D eigenvalue weighted by atomic mass is 16.6. The van der Waals surface area contributed by atoms with E-state index in [1.54, 1.807) is 12.4 Å². The second-order valence-electron chi connectivity index (χ2n) is 6.06. The number of pyridine rings is 1. The van der Waals surface area contributed by atoms with E-state index in [-0.39, 0.29) is 12.0 Å². The molecule has 130 valence electrons. The van der Waals surface area contributed by atoms with E-state index in [0.717, 1.165) is 22.6 Å². The van der Waals surface area contributed by atoms with Crippen molar-refractivity contribution < 1.29 is 14.4 Å². The van der Waals surface area contributed by atoms with Crippen molar-refractivity contribution in [2.45, 2.75) is 39.0 Å². The molecule has 0 saturated carbocycles. The van der Waals surface area contributed by atoms with Gasteiger partial charge in [0.05, 0.1) is 11.8 Å². The highest BCUT2D eigenvalue weighted by molar-refractivity contribution is 6.03. The van der Waals surface area contributed by atoms with Gasteiger partial charge in [0.2, 0.25) is 6.10 Å². The van der Waals surface area contributed by atoms with Crippen LogP contribution in [0, 0.1) is 0 Å². The number of para-hydroxylation sites is 1. The highest BCUT2D eigenvalue weighted by Gasteiger charge is 2.28. The molecular formula is C19H21N3O3. The Morgan fingerprint density at radius 2 is 2.04 bits per heavy atom. The normalized spacial score (nSPS) is 16.3. The molecule has 1 aliphatic heterocycles. The smallest absolute Gasteiger partial charge is 0.264 e. The number of amides is 1. The number of benzene rings is 1. The standard InChI is InChI=1S/C19H21N3O3/c1-13(2)24-17-6-4-3-5-15(17)12-21-19(23)18-11-16(22-25-18)14-7-9-20-10-8-14/h3-10,13,18H,11-12H2,1-2H3,(H,21,23). The van der Waals surface area contributed by atoms with E-state index in [1.165, 1.54) is 0 Å². The number of carbonyl (C=O) groups excluding carboxylic acids is 1. The van der Waals surface area contributed by atoms with Gasteiger partial charge in [-0.25, -0.2) is 0 Å². The van der Waals surface area contributed by atoms with Crippen LogP contribution >= 0.6 is 0 Å². The van der Waals surface area contributed by atoms with Crippen molar-refractivity contribution in [2.24, 2.45) is 5.16 Å². The Balaban J connectivity index is 1.56. The van der Waals surface area contributed by atoms with E-state index in [9.17, 15) is 4.79 Å². The first kappa shape index (κ1) is 17.0. The van der Waals surface area contributed by atoms with Gasteiger partial charge in [-0.15, -0.1) is 0 Å². The van der Waals surface area contributed by atoms with E-state index < -0.39 is 6.10 Å². The third kappa shape index (κ3) is 4.35. The van der Waals surface area contributed by atoms with Crippen molar-refractivity contribution in [2.75, 3.05) is 0 Å². The van der Waals surface area contributed by atoms with Crippen LogP contribution in [0.5, 0.6) is 5.75 Å². The fourth-order valence-corrected chi connectivity index (χ4v) is 2.55. The maximum Gasteiger partial charge on any atom is 0.264 e. The van der Waals surface area contributed by atoms with Crippen molar-refractivity contribution in [3.8, 4) is 5.75 Å². The fraction of sp³-hybridized carbons (Fsp3) is 0.316. The Labute approximate surface area is 146 Å². The fourth-order valence-electron chi connectivity index (χ4n) is 2.55. The molecule has 6 heteroatoms. The Hall–Kier alpha value is -2.89. The predicted octanol–water partition coefficient (Wildman–Crippen LogP) is 2.68. The zero-order chi connectivity index (χ0) is 17.6. The summed E-state index contributed by atoms with van der Waals surface area (Å²) in [4.78, 5) is 21.6. The zero-order valence-corrected chi connectivity index (χ0v) is 14.3. The number of oxime groups is 1. The van der Waals surface area contributed by atoms with E-state index in [1.807, 2.05) is 50.2 Å². The lowest BCUT2D eigenvalue weighted by Gasteiger charge is -2.15. The summed E-state index contributed by atoms with van der Waals surface area (Å²) in [6.07, 6.45) is 3.29. The lowest BCUT2D eigenvalue weighted by Crippen LogP contribution is -2.34. The van der Waals surface area contributed by atoms with Gasteiger partial charge in [-0.3, -0.25) is 9.78 Å². The summed E-state index contributed by atoms with van der Waals surface area (Å²) in [6, 6.07) is 11.4. The van der Waals surface area contributed by atoms with Crippen LogP contribution in [-0.4, -0.2) is 28.8 Å². The monoisotopic (exact) mass is 339 g/mol. The van der Waals surface area contributed by atoms with Crippen LogP contribution in [0.1, 0.15) is 31.4 Å². The molecule has 0 saturated heterocycles. The number of aromatic nitrogens is 1. The van der Waals surface area contributed by atoms with Gasteiger partial charge in [-0.1, -0.05) is 23.4 Å². The first-order chi connectivity index (χ1) is 12.1. The summed E-state index contributed by atoms with van der Waals surface area (Å²) < 4.78 is 5.77. The summed E-state index contributed by atoms with van der Waals surface area (Å²) in [7, 11) is 0. The second kappa shape index (κ2) is 7.79. The minimum Gasteiger partial charge on any atom is -0.491 e. The first-order valence-electron chi connectivity index (χ1n) is 8.29. The highest BCUT2D eigenvalue weighted by Crippen LogP contribution is 2.20. The van der Waals surface area contributed by atoms with E-state index >= 15 is 0 Å². The molecule has 1 aromatic carbocycles. The minimum absolute atomic E-state index is 0.0753. The molecule has 1 aliphatic rings. The van der Waals surface area contributed by atoms with Crippen molar-refractivity contribution in [1.82, 2.24) is 10.3 Å². The van der Waals surface area contributed by atoms with Gasteiger partial charge in [-0.2, -0.15) is 0 Å². The maximum absolute atomic E-state index is 12.4. The van der Waals surface area contributed by atoms with Crippen molar-refractivity contribution >= 4 is 11.6 Å². The maximum atomic E-state index is 12.4. The zero-order valence-electron chi connectivity index (χ0n) is 14.3. The molecule has 1 aromatic heterocycles. The number of hydrogen-bond acceptors (Lipinski definition) is 5. The molecule has 1 unspecified atom stereocenters. The first-order valence-corrected chi connectivity index (χ1v) is 8.29. The van der Waals surface area contributed by atoms with Crippen molar-refractivity contribution in [1.29, 1.82) is 0 Å². The summed E-state index contributed by atoms with van der Waals surface area (Å²) in [6.45, 7) is 4.32. The molecular weight excluding hydrogens is 318 g/mol. The molecule has 1 atom stereocenters. The number of nitrogens with zero attached hydrogens (tertiary/aromatic N) is 2. The topological polar surface area (TPSA) is 72.8 Å².